The predicted octanol–water partition coefficient (Wildman–Crippen LogP) is 5.29. The zero-order valence-electron chi connectivity index (χ0n) is 13.3. The van der Waals surface area contributed by atoms with Gasteiger partial charge in [0.05, 0.1) is 9.75 Å². The molecular weight excluding hydrogens is 353 g/mol. The van der Waals surface area contributed by atoms with Gasteiger partial charge in [0.15, 0.2) is 0 Å². The second kappa shape index (κ2) is 6.36. The van der Waals surface area contributed by atoms with Crippen LogP contribution in [-0.4, -0.2) is 11.1 Å². The Morgan fingerprint density at radius 3 is 2.52 bits per heavy atom. The molecule has 1 N–H and O–H groups in total. The molecular formula is C17H13F3N2O2S. The predicted molar refractivity (Wildman–Crippen MR) is 88.7 cm³/mol. The largest absolute Gasteiger partial charge is 0.452 e. The first-order valence-corrected chi connectivity index (χ1v) is 8.09. The third kappa shape index (κ3) is 3.43. The highest BCUT2D eigenvalue weighted by molar-refractivity contribution is 7.17. The highest BCUT2D eigenvalue weighted by Crippen LogP contribution is 2.38. The van der Waals surface area contributed by atoms with E-state index in [0.29, 0.717) is 15.4 Å². The molecule has 0 bridgehead atoms. The standard InChI is InChI=1S/C17H13F3N2O2S/c1-9-5-3-4-6-11(9)21-16(23)13-8-7-12(25-13)14-10(2)15(24-22-14)17(18,19)20/h3-8H,1-2H3,(H,21,23). The number of thiophene rings is 1. The number of anilines is 1. The molecule has 0 aliphatic carbocycles. The molecule has 0 fully saturated rings. The van der Waals surface area contributed by atoms with Crippen molar-refractivity contribution in [2.45, 2.75) is 20.0 Å². The topological polar surface area (TPSA) is 55.1 Å². The summed E-state index contributed by atoms with van der Waals surface area (Å²) in [5, 5.41) is 6.29. The number of aryl methyl sites for hydroxylation is 1. The smallest absolute Gasteiger partial charge is 0.351 e. The van der Waals surface area contributed by atoms with E-state index in [9.17, 15) is 18.0 Å². The summed E-state index contributed by atoms with van der Waals surface area (Å²) in [5.74, 6) is -1.45. The van der Waals surface area contributed by atoms with Crippen LogP contribution in [0.3, 0.4) is 0 Å². The number of alkyl halides is 3. The Morgan fingerprint density at radius 1 is 1.16 bits per heavy atom. The van der Waals surface area contributed by atoms with E-state index >= 15 is 0 Å². The third-order valence-electron chi connectivity index (χ3n) is 3.64. The quantitative estimate of drug-likeness (QED) is 0.685. The first-order chi connectivity index (χ1) is 11.8. The molecule has 0 spiro atoms. The summed E-state index contributed by atoms with van der Waals surface area (Å²) < 4.78 is 42.8. The van der Waals surface area contributed by atoms with Crippen LogP contribution in [0.5, 0.6) is 0 Å². The van der Waals surface area contributed by atoms with Crippen molar-refractivity contribution in [2.24, 2.45) is 0 Å². The van der Waals surface area contributed by atoms with Gasteiger partial charge in [0.1, 0.15) is 5.69 Å². The molecule has 3 rings (SSSR count). The van der Waals surface area contributed by atoms with E-state index in [1.54, 1.807) is 24.3 Å². The third-order valence-corrected chi connectivity index (χ3v) is 4.73. The van der Waals surface area contributed by atoms with Gasteiger partial charge in [0.2, 0.25) is 5.76 Å². The monoisotopic (exact) mass is 366 g/mol. The minimum Gasteiger partial charge on any atom is -0.351 e. The van der Waals surface area contributed by atoms with Crippen LogP contribution in [0.25, 0.3) is 10.6 Å². The van der Waals surface area contributed by atoms with Crippen LogP contribution in [-0.2, 0) is 6.18 Å². The van der Waals surface area contributed by atoms with Crippen molar-refractivity contribution in [3.05, 3.63) is 58.2 Å². The van der Waals surface area contributed by atoms with Gasteiger partial charge in [-0.15, -0.1) is 11.3 Å². The second-order valence-corrected chi connectivity index (χ2v) is 6.50. The van der Waals surface area contributed by atoms with Gasteiger partial charge in [-0.25, -0.2) is 0 Å². The number of para-hydroxylation sites is 1. The van der Waals surface area contributed by atoms with Crippen molar-refractivity contribution in [3.8, 4) is 10.6 Å². The Labute approximate surface area is 145 Å². The summed E-state index contributed by atoms with van der Waals surface area (Å²) in [6, 6.07) is 10.4. The van der Waals surface area contributed by atoms with Crippen LogP contribution < -0.4 is 5.32 Å². The maximum atomic E-state index is 12.8. The van der Waals surface area contributed by atoms with Gasteiger partial charge < -0.3 is 9.84 Å². The summed E-state index contributed by atoms with van der Waals surface area (Å²) >= 11 is 1.06. The molecule has 1 aromatic carbocycles. The number of benzene rings is 1. The van der Waals surface area contributed by atoms with Gasteiger partial charge in [0, 0.05) is 11.3 Å². The van der Waals surface area contributed by atoms with Crippen molar-refractivity contribution in [2.75, 3.05) is 5.32 Å². The number of carbonyl (C=O) groups excluding carboxylic acids is 1. The molecule has 25 heavy (non-hydrogen) atoms. The van der Waals surface area contributed by atoms with Gasteiger partial charge in [0.25, 0.3) is 5.91 Å². The van der Waals surface area contributed by atoms with E-state index in [1.807, 2.05) is 19.1 Å². The SMILES string of the molecule is Cc1ccccc1NC(=O)c1ccc(-c2noc(C(F)(F)F)c2C)s1. The van der Waals surface area contributed by atoms with E-state index in [-0.39, 0.29) is 17.2 Å². The molecule has 0 radical (unpaired) electrons. The van der Waals surface area contributed by atoms with Crippen molar-refractivity contribution < 1.29 is 22.5 Å². The molecule has 4 nitrogen and oxygen atoms in total. The van der Waals surface area contributed by atoms with E-state index in [0.717, 1.165) is 16.9 Å². The Balaban J connectivity index is 1.85. The van der Waals surface area contributed by atoms with Gasteiger partial charge in [-0.2, -0.15) is 13.2 Å². The summed E-state index contributed by atoms with van der Waals surface area (Å²) in [7, 11) is 0. The molecule has 0 aliphatic rings. The number of hydrogen-bond donors (Lipinski definition) is 1. The Bertz CT molecular complexity index is 928. The number of rotatable bonds is 3. The first-order valence-electron chi connectivity index (χ1n) is 7.28. The molecule has 0 unspecified atom stereocenters. The Hall–Kier alpha value is -2.61. The number of aromatic nitrogens is 1. The summed E-state index contributed by atoms with van der Waals surface area (Å²) in [6.07, 6.45) is -4.60. The molecule has 8 heteroatoms. The van der Waals surface area contributed by atoms with Gasteiger partial charge in [-0.05, 0) is 37.6 Å². The minimum atomic E-state index is -4.60. The van der Waals surface area contributed by atoms with Crippen molar-refractivity contribution in [1.29, 1.82) is 0 Å². The highest BCUT2D eigenvalue weighted by Gasteiger charge is 2.39. The number of nitrogens with zero attached hydrogens (tertiary/aromatic N) is 1. The molecule has 130 valence electrons. The fraction of sp³-hybridized carbons (Fsp3) is 0.176. The molecule has 3 aromatic rings. The number of amides is 1. The summed E-state index contributed by atoms with van der Waals surface area (Å²) in [5.41, 5.74) is 1.58. The molecule has 0 saturated heterocycles. The van der Waals surface area contributed by atoms with Crippen molar-refractivity contribution in [1.82, 2.24) is 5.16 Å². The minimum absolute atomic E-state index is 0.0901. The zero-order valence-corrected chi connectivity index (χ0v) is 14.1. The normalized spacial score (nSPS) is 11.6. The number of nitrogens with one attached hydrogen (secondary N) is 1. The summed E-state index contributed by atoms with van der Waals surface area (Å²) in [6.45, 7) is 3.16. The average Bonchev–Trinajstić information content (AvgIpc) is 3.15. The molecule has 2 heterocycles. The fourth-order valence-corrected chi connectivity index (χ4v) is 3.25. The average molecular weight is 366 g/mol. The van der Waals surface area contributed by atoms with Crippen molar-refractivity contribution in [3.63, 3.8) is 0 Å². The van der Waals surface area contributed by atoms with Gasteiger partial charge in [-0.3, -0.25) is 4.79 Å². The first kappa shape index (κ1) is 17.2. The van der Waals surface area contributed by atoms with Crippen LogP contribution >= 0.6 is 11.3 Å². The molecule has 1 amide bonds. The van der Waals surface area contributed by atoms with E-state index in [2.05, 4.69) is 15.0 Å². The molecule has 0 atom stereocenters. The maximum absolute atomic E-state index is 12.8. The van der Waals surface area contributed by atoms with Crippen LogP contribution in [0, 0.1) is 13.8 Å². The van der Waals surface area contributed by atoms with E-state index in [1.165, 1.54) is 6.92 Å². The van der Waals surface area contributed by atoms with Gasteiger partial charge >= 0.3 is 6.18 Å². The highest BCUT2D eigenvalue weighted by atomic mass is 32.1. The van der Waals surface area contributed by atoms with Crippen molar-refractivity contribution >= 4 is 22.9 Å². The second-order valence-electron chi connectivity index (χ2n) is 5.42. The number of carbonyl (C=O) groups is 1. The van der Waals surface area contributed by atoms with Crippen LogP contribution in [0.15, 0.2) is 40.9 Å². The number of hydrogen-bond acceptors (Lipinski definition) is 4. The fourth-order valence-electron chi connectivity index (χ4n) is 2.31. The van der Waals surface area contributed by atoms with E-state index < -0.39 is 11.9 Å². The van der Waals surface area contributed by atoms with Gasteiger partial charge in [-0.1, -0.05) is 23.4 Å². The lowest BCUT2D eigenvalue weighted by Gasteiger charge is -2.06. The zero-order chi connectivity index (χ0) is 18.2. The Morgan fingerprint density at radius 2 is 1.88 bits per heavy atom. The lowest BCUT2D eigenvalue weighted by molar-refractivity contribution is -0.156. The van der Waals surface area contributed by atoms with Crippen LogP contribution in [0.4, 0.5) is 18.9 Å². The van der Waals surface area contributed by atoms with Crippen LogP contribution in [0.2, 0.25) is 0 Å². The molecule has 0 saturated carbocycles. The summed E-state index contributed by atoms with van der Waals surface area (Å²) in [4.78, 5) is 13.1. The van der Waals surface area contributed by atoms with E-state index in [4.69, 9.17) is 0 Å². The number of halogens is 3. The molecule has 2 aromatic heterocycles. The lowest BCUT2D eigenvalue weighted by Crippen LogP contribution is -2.10. The lowest BCUT2D eigenvalue weighted by atomic mass is 10.2. The maximum Gasteiger partial charge on any atom is 0.452 e. The Kier molecular flexibility index (Phi) is 4.38. The molecule has 0 aliphatic heterocycles. The van der Waals surface area contributed by atoms with Crippen LogP contribution in [0.1, 0.15) is 26.6 Å².